The van der Waals surface area contributed by atoms with Crippen molar-refractivity contribution < 1.29 is 13.9 Å². The van der Waals surface area contributed by atoms with Crippen molar-refractivity contribution in [3.8, 4) is 11.5 Å². The summed E-state index contributed by atoms with van der Waals surface area (Å²) in [6.45, 7) is -0.0179. The number of hydrogen-bond acceptors (Lipinski definition) is 5. The van der Waals surface area contributed by atoms with Crippen LogP contribution < -0.4 is 5.43 Å². The fourth-order valence-electron chi connectivity index (χ4n) is 3.66. The van der Waals surface area contributed by atoms with Crippen molar-refractivity contribution in [2.45, 2.75) is 13.2 Å². The fraction of sp³-hybridized carbons (Fsp3) is 0.0800. The first-order valence-corrected chi connectivity index (χ1v) is 9.86. The van der Waals surface area contributed by atoms with Crippen molar-refractivity contribution in [3.05, 3.63) is 101 Å². The molecule has 0 saturated carbocycles. The standard InChI is InChI=1S/C25H18N2O4/c28-23(30-15-18-16-31-25(26-18)17-8-2-1-3-9-17)14-27-21-12-6-4-10-19(21)24(29)20-11-5-7-13-22(20)27/h1-13,16H,14-15H2. The maximum Gasteiger partial charge on any atom is 0.326 e. The van der Waals surface area contributed by atoms with E-state index in [1.165, 1.54) is 6.26 Å². The number of nitrogens with zero attached hydrogens (tertiary/aromatic N) is 2. The van der Waals surface area contributed by atoms with Crippen molar-refractivity contribution in [1.82, 2.24) is 9.55 Å². The molecule has 2 aromatic heterocycles. The molecule has 0 aliphatic carbocycles. The summed E-state index contributed by atoms with van der Waals surface area (Å²) in [5.41, 5.74) is 2.71. The molecule has 0 unspecified atom stereocenters. The third kappa shape index (κ3) is 3.59. The van der Waals surface area contributed by atoms with Crippen molar-refractivity contribution in [2.24, 2.45) is 0 Å². The number of esters is 1. The number of carbonyl (C=O) groups excluding carboxylic acids is 1. The van der Waals surface area contributed by atoms with Crippen LogP contribution in [0.5, 0.6) is 0 Å². The van der Waals surface area contributed by atoms with Gasteiger partial charge in [-0.15, -0.1) is 0 Å². The molecule has 0 aliphatic rings. The van der Waals surface area contributed by atoms with Gasteiger partial charge in [-0.3, -0.25) is 9.59 Å². The minimum Gasteiger partial charge on any atom is -0.458 e. The second kappa shape index (κ2) is 7.91. The number of benzene rings is 3. The highest BCUT2D eigenvalue weighted by Gasteiger charge is 2.14. The van der Waals surface area contributed by atoms with Crippen molar-refractivity contribution in [3.63, 3.8) is 0 Å². The Morgan fingerprint density at radius 3 is 2.16 bits per heavy atom. The maximum atomic E-state index is 12.8. The van der Waals surface area contributed by atoms with E-state index in [1.807, 2.05) is 71.3 Å². The summed E-state index contributed by atoms with van der Waals surface area (Å²) in [6, 6.07) is 24.0. The summed E-state index contributed by atoms with van der Waals surface area (Å²) in [7, 11) is 0. The smallest absolute Gasteiger partial charge is 0.326 e. The van der Waals surface area contributed by atoms with Crippen LogP contribution in [0.4, 0.5) is 0 Å². The number of ether oxygens (including phenoxy) is 1. The molecule has 6 nitrogen and oxygen atoms in total. The lowest BCUT2D eigenvalue weighted by atomic mass is 10.1. The second-order valence-corrected chi connectivity index (χ2v) is 7.12. The number of hydrogen-bond donors (Lipinski definition) is 0. The minimum atomic E-state index is -0.428. The van der Waals surface area contributed by atoms with Gasteiger partial charge >= 0.3 is 5.97 Å². The topological polar surface area (TPSA) is 74.3 Å². The molecule has 0 aliphatic heterocycles. The molecule has 152 valence electrons. The van der Waals surface area contributed by atoms with Gasteiger partial charge in [0.15, 0.2) is 5.43 Å². The minimum absolute atomic E-state index is 0.00519. The summed E-state index contributed by atoms with van der Waals surface area (Å²) < 4.78 is 12.7. The van der Waals surface area contributed by atoms with Crippen LogP contribution in [0.1, 0.15) is 5.69 Å². The van der Waals surface area contributed by atoms with Crippen molar-refractivity contribution in [1.29, 1.82) is 0 Å². The Kier molecular flexibility index (Phi) is 4.80. The predicted molar refractivity (Wildman–Crippen MR) is 117 cm³/mol. The van der Waals surface area contributed by atoms with Crippen molar-refractivity contribution in [2.75, 3.05) is 0 Å². The Hall–Kier alpha value is -4.19. The van der Waals surface area contributed by atoms with Gasteiger partial charge < -0.3 is 13.7 Å². The number of carbonyl (C=O) groups is 1. The van der Waals surface area contributed by atoms with E-state index in [2.05, 4.69) is 4.98 Å². The Balaban J connectivity index is 1.39. The zero-order valence-electron chi connectivity index (χ0n) is 16.5. The van der Waals surface area contributed by atoms with E-state index in [1.54, 1.807) is 12.1 Å². The summed E-state index contributed by atoms with van der Waals surface area (Å²) in [5.74, 6) is 0.0484. The van der Waals surface area contributed by atoms with Gasteiger partial charge in [0.2, 0.25) is 5.89 Å². The van der Waals surface area contributed by atoms with E-state index < -0.39 is 5.97 Å². The first-order chi connectivity index (χ1) is 15.2. The van der Waals surface area contributed by atoms with Gasteiger partial charge in [-0.2, -0.15) is 0 Å². The van der Waals surface area contributed by atoms with E-state index in [-0.39, 0.29) is 18.6 Å². The highest BCUT2D eigenvalue weighted by Crippen LogP contribution is 2.20. The van der Waals surface area contributed by atoms with Crippen LogP contribution in [0.2, 0.25) is 0 Å². The van der Waals surface area contributed by atoms with Gasteiger partial charge in [-0.25, -0.2) is 4.98 Å². The number of para-hydroxylation sites is 2. The van der Waals surface area contributed by atoms with Crippen LogP contribution in [-0.2, 0) is 22.7 Å². The first kappa shape index (κ1) is 18.8. The van der Waals surface area contributed by atoms with E-state index in [4.69, 9.17) is 9.15 Å². The van der Waals surface area contributed by atoms with E-state index in [0.29, 0.717) is 33.4 Å². The fourth-order valence-corrected chi connectivity index (χ4v) is 3.66. The summed E-state index contributed by atoms with van der Waals surface area (Å²) >= 11 is 0. The number of aromatic nitrogens is 2. The molecule has 31 heavy (non-hydrogen) atoms. The molecule has 0 spiro atoms. The SMILES string of the molecule is O=C(Cn1c2ccccc2c(=O)c2ccccc21)OCc1coc(-c2ccccc2)n1. The summed E-state index contributed by atoms with van der Waals surface area (Å²) in [5, 5.41) is 1.14. The van der Waals surface area contributed by atoms with Gasteiger partial charge in [0.25, 0.3) is 0 Å². The molecule has 5 rings (SSSR count). The van der Waals surface area contributed by atoms with Crippen molar-refractivity contribution >= 4 is 27.8 Å². The highest BCUT2D eigenvalue weighted by atomic mass is 16.5. The largest absolute Gasteiger partial charge is 0.458 e. The average molecular weight is 410 g/mol. The molecular formula is C25H18N2O4. The van der Waals surface area contributed by atoms with Crippen LogP contribution in [0.3, 0.4) is 0 Å². The zero-order valence-corrected chi connectivity index (χ0v) is 16.5. The van der Waals surface area contributed by atoms with E-state index >= 15 is 0 Å². The molecule has 0 atom stereocenters. The van der Waals surface area contributed by atoms with Crippen LogP contribution in [0.15, 0.2) is 94.3 Å². The molecule has 5 aromatic rings. The maximum absolute atomic E-state index is 12.8. The van der Waals surface area contributed by atoms with Crippen LogP contribution in [0, 0.1) is 0 Å². The Bertz CT molecular complexity index is 1390. The highest BCUT2D eigenvalue weighted by molar-refractivity contribution is 5.94. The lowest BCUT2D eigenvalue weighted by Gasteiger charge is -2.14. The Morgan fingerprint density at radius 1 is 0.871 bits per heavy atom. The summed E-state index contributed by atoms with van der Waals surface area (Å²) in [4.78, 5) is 29.8. The molecular weight excluding hydrogens is 392 g/mol. The Labute approximate surface area is 177 Å². The number of oxazole rings is 1. The van der Waals surface area contributed by atoms with Crippen LogP contribution >= 0.6 is 0 Å². The molecule has 0 fully saturated rings. The van der Waals surface area contributed by atoms with Gasteiger partial charge in [-0.05, 0) is 36.4 Å². The predicted octanol–water partition coefficient (Wildman–Crippen LogP) is 4.55. The summed E-state index contributed by atoms with van der Waals surface area (Å²) in [6.07, 6.45) is 1.49. The van der Waals surface area contributed by atoms with Crippen LogP contribution in [0.25, 0.3) is 33.3 Å². The monoisotopic (exact) mass is 410 g/mol. The lowest BCUT2D eigenvalue weighted by Crippen LogP contribution is -2.18. The van der Waals surface area contributed by atoms with E-state index in [0.717, 1.165) is 5.56 Å². The molecule has 6 heteroatoms. The average Bonchev–Trinajstić information content (AvgIpc) is 3.30. The molecule has 2 heterocycles. The normalized spacial score (nSPS) is 11.1. The van der Waals surface area contributed by atoms with Gasteiger partial charge in [-0.1, -0.05) is 42.5 Å². The van der Waals surface area contributed by atoms with E-state index in [9.17, 15) is 9.59 Å². The number of rotatable bonds is 5. The molecule has 3 aromatic carbocycles. The number of fused-ring (bicyclic) bond motifs is 2. The quantitative estimate of drug-likeness (QED) is 0.314. The zero-order chi connectivity index (χ0) is 21.2. The molecule has 0 radical (unpaired) electrons. The molecule has 0 N–H and O–H groups in total. The molecule has 0 bridgehead atoms. The Morgan fingerprint density at radius 2 is 1.48 bits per heavy atom. The van der Waals surface area contributed by atoms with Gasteiger partial charge in [0.1, 0.15) is 25.1 Å². The van der Waals surface area contributed by atoms with Crippen LogP contribution in [-0.4, -0.2) is 15.5 Å². The first-order valence-electron chi connectivity index (χ1n) is 9.86. The molecule has 0 saturated heterocycles. The third-order valence-corrected chi connectivity index (χ3v) is 5.12. The molecule has 0 amide bonds. The lowest BCUT2D eigenvalue weighted by molar-refractivity contribution is -0.145. The number of pyridine rings is 1. The van der Waals surface area contributed by atoms with Gasteiger partial charge in [0, 0.05) is 16.3 Å². The van der Waals surface area contributed by atoms with Gasteiger partial charge in [0.05, 0.1) is 11.0 Å². The third-order valence-electron chi connectivity index (χ3n) is 5.12. The second-order valence-electron chi connectivity index (χ2n) is 7.12.